The molecule has 0 spiro atoms. The number of hydrogen-bond acceptors (Lipinski definition) is 7. The molecule has 0 radical (unpaired) electrons. The number of nitrogens with zero attached hydrogens (tertiary/aromatic N) is 4. The highest BCUT2D eigenvalue weighted by atomic mass is 32.2. The van der Waals surface area contributed by atoms with E-state index in [9.17, 15) is 13.2 Å². The summed E-state index contributed by atoms with van der Waals surface area (Å²) in [6, 6.07) is 7.16. The van der Waals surface area contributed by atoms with E-state index in [1.54, 1.807) is 24.4 Å². The smallest absolute Gasteiger partial charge is 0.226 e. The van der Waals surface area contributed by atoms with Crippen molar-refractivity contribution in [1.29, 1.82) is 0 Å². The first-order chi connectivity index (χ1) is 16.7. The zero-order chi connectivity index (χ0) is 24.7. The van der Waals surface area contributed by atoms with Gasteiger partial charge in [-0.3, -0.25) is 9.78 Å². The third-order valence-corrected chi connectivity index (χ3v) is 9.44. The molecule has 1 amide bonds. The number of fused-ring (bicyclic) bond motifs is 1. The van der Waals surface area contributed by atoms with Crippen molar-refractivity contribution in [2.24, 2.45) is 11.8 Å². The molecule has 2 atom stereocenters. The maximum Gasteiger partial charge on any atom is 0.226 e. The number of carbonyl (C=O) groups excluding carboxylic acids is 1. The predicted octanol–water partition coefficient (Wildman–Crippen LogP) is 3.47. The van der Waals surface area contributed by atoms with Crippen LogP contribution in [0.3, 0.4) is 0 Å². The summed E-state index contributed by atoms with van der Waals surface area (Å²) in [5.41, 5.74) is 2.83. The molecule has 186 valence electrons. The van der Waals surface area contributed by atoms with Gasteiger partial charge in [0.1, 0.15) is 5.76 Å². The molecule has 3 heterocycles. The maximum absolute atomic E-state index is 13.9. The van der Waals surface area contributed by atoms with Crippen LogP contribution in [0.2, 0.25) is 0 Å². The topological polar surface area (TPSA) is 96.6 Å². The summed E-state index contributed by atoms with van der Waals surface area (Å²) >= 11 is 0. The minimum Gasteiger partial charge on any atom is -0.361 e. The van der Waals surface area contributed by atoms with Gasteiger partial charge in [0, 0.05) is 49.2 Å². The quantitative estimate of drug-likeness (QED) is 0.534. The third-order valence-electron chi connectivity index (χ3n) is 7.56. The standard InChI is InChI=1S/C26H32N4O4S/c1-17-25(18(2)34-28-17)20-14-23-22(8-5-9-27-23)24(15-20)35(32,33)16-19-6-4-7-21(19)26(31)30-12-10-29(3)11-13-30/h5,8-9,14-15,19,21H,4,6-7,10-13,16H2,1-3H3/t19-,21+/m0/s1. The van der Waals surface area contributed by atoms with Gasteiger partial charge in [0.25, 0.3) is 0 Å². The van der Waals surface area contributed by atoms with E-state index in [1.807, 2.05) is 24.8 Å². The minimum absolute atomic E-state index is 0.0355. The van der Waals surface area contributed by atoms with Gasteiger partial charge in [-0.1, -0.05) is 11.6 Å². The summed E-state index contributed by atoms with van der Waals surface area (Å²) in [6.07, 6.45) is 4.05. The fourth-order valence-electron chi connectivity index (χ4n) is 5.64. The van der Waals surface area contributed by atoms with E-state index in [0.717, 1.165) is 43.5 Å². The third kappa shape index (κ3) is 4.59. The maximum atomic E-state index is 13.9. The van der Waals surface area contributed by atoms with E-state index in [-0.39, 0.29) is 28.4 Å². The molecule has 1 aliphatic heterocycles. The summed E-state index contributed by atoms with van der Waals surface area (Å²) in [5, 5.41) is 4.64. The Morgan fingerprint density at radius 1 is 1.14 bits per heavy atom. The fourth-order valence-corrected chi connectivity index (χ4v) is 7.60. The van der Waals surface area contributed by atoms with Crippen molar-refractivity contribution in [3.8, 4) is 11.1 Å². The van der Waals surface area contributed by atoms with Crippen LogP contribution in [0.5, 0.6) is 0 Å². The normalized spacial score (nSPS) is 21.6. The van der Waals surface area contributed by atoms with Crippen molar-refractivity contribution >= 4 is 26.6 Å². The van der Waals surface area contributed by atoms with Crippen LogP contribution in [0.4, 0.5) is 0 Å². The summed E-state index contributed by atoms with van der Waals surface area (Å²) < 4.78 is 33.1. The molecule has 1 aliphatic carbocycles. The molecule has 3 aromatic rings. The van der Waals surface area contributed by atoms with Crippen molar-refractivity contribution in [2.45, 2.75) is 38.0 Å². The first-order valence-electron chi connectivity index (χ1n) is 12.3. The Bertz CT molecular complexity index is 1340. The highest BCUT2D eigenvalue weighted by molar-refractivity contribution is 7.91. The lowest BCUT2D eigenvalue weighted by Gasteiger charge is -2.35. The van der Waals surface area contributed by atoms with Gasteiger partial charge in [-0.2, -0.15) is 0 Å². The zero-order valence-electron chi connectivity index (χ0n) is 20.5. The van der Waals surface area contributed by atoms with Crippen LogP contribution in [-0.4, -0.2) is 73.2 Å². The van der Waals surface area contributed by atoms with Gasteiger partial charge in [0.15, 0.2) is 9.84 Å². The molecular formula is C26H32N4O4S. The van der Waals surface area contributed by atoms with Gasteiger partial charge in [-0.25, -0.2) is 8.42 Å². The zero-order valence-corrected chi connectivity index (χ0v) is 21.3. The molecule has 35 heavy (non-hydrogen) atoms. The average molecular weight is 497 g/mol. The number of rotatable bonds is 5. The molecule has 0 bridgehead atoms. The highest BCUT2D eigenvalue weighted by Crippen LogP contribution is 2.38. The molecule has 2 aliphatic rings. The summed E-state index contributed by atoms with van der Waals surface area (Å²) in [7, 11) is -1.63. The first-order valence-corrected chi connectivity index (χ1v) is 13.9. The number of benzene rings is 1. The minimum atomic E-state index is -3.69. The second-order valence-corrected chi connectivity index (χ2v) is 12.0. The van der Waals surface area contributed by atoms with Crippen molar-refractivity contribution < 1.29 is 17.7 Å². The molecule has 1 saturated heterocycles. The number of pyridine rings is 1. The van der Waals surface area contributed by atoms with E-state index in [0.29, 0.717) is 35.4 Å². The molecule has 2 fully saturated rings. The average Bonchev–Trinajstić information content (AvgIpc) is 3.43. The molecule has 5 rings (SSSR count). The van der Waals surface area contributed by atoms with Gasteiger partial charge in [-0.05, 0) is 69.5 Å². The molecule has 1 saturated carbocycles. The number of aromatic nitrogens is 2. The molecular weight excluding hydrogens is 464 g/mol. The fraction of sp³-hybridized carbons (Fsp3) is 0.500. The monoisotopic (exact) mass is 496 g/mol. The molecule has 1 aromatic carbocycles. The van der Waals surface area contributed by atoms with E-state index >= 15 is 0 Å². The largest absolute Gasteiger partial charge is 0.361 e. The number of likely N-dealkylation sites (N-methyl/N-ethyl adjacent to an activating group) is 1. The van der Waals surface area contributed by atoms with Gasteiger partial charge < -0.3 is 14.3 Å². The van der Waals surface area contributed by atoms with Crippen LogP contribution in [0, 0.1) is 25.7 Å². The Labute approximate surface area is 206 Å². The van der Waals surface area contributed by atoms with Gasteiger partial charge >= 0.3 is 0 Å². The summed E-state index contributed by atoms with van der Waals surface area (Å²) in [6.45, 7) is 6.79. The van der Waals surface area contributed by atoms with E-state index in [2.05, 4.69) is 22.1 Å². The number of aryl methyl sites for hydroxylation is 2. The summed E-state index contributed by atoms with van der Waals surface area (Å²) in [5.74, 6) is 0.304. The van der Waals surface area contributed by atoms with Crippen LogP contribution in [0.1, 0.15) is 30.7 Å². The van der Waals surface area contributed by atoms with Crippen LogP contribution < -0.4 is 0 Å². The molecule has 8 nitrogen and oxygen atoms in total. The van der Waals surface area contributed by atoms with Gasteiger partial charge in [-0.15, -0.1) is 0 Å². The van der Waals surface area contributed by atoms with Gasteiger partial charge in [0.2, 0.25) is 5.91 Å². The second kappa shape index (κ2) is 9.35. The molecule has 0 unspecified atom stereocenters. The molecule has 2 aromatic heterocycles. The van der Waals surface area contributed by atoms with E-state index in [1.165, 1.54) is 0 Å². The highest BCUT2D eigenvalue weighted by Gasteiger charge is 2.39. The molecule has 0 N–H and O–H groups in total. The van der Waals surface area contributed by atoms with Crippen LogP contribution in [-0.2, 0) is 14.6 Å². The van der Waals surface area contributed by atoms with Crippen molar-refractivity contribution in [3.05, 3.63) is 41.9 Å². The summed E-state index contributed by atoms with van der Waals surface area (Å²) in [4.78, 5) is 22.2. The van der Waals surface area contributed by atoms with E-state index < -0.39 is 9.84 Å². The first kappa shape index (κ1) is 23.9. The van der Waals surface area contributed by atoms with Crippen molar-refractivity contribution in [1.82, 2.24) is 19.9 Å². The Morgan fingerprint density at radius 2 is 1.91 bits per heavy atom. The van der Waals surface area contributed by atoms with Crippen molar-refractivity contribution in [2.75, 3.05) is 39.0 Å². The van der Waals surface area contributed by atoms with Crippen molar-refractivity contribution in [3.63, 3.8) is 0 Å². The number of sulfone groups is 1. The Morgan fingerprint density at radius 3 is 2.63 bits per heavy atom. The second-order valence-electron chi connectivity index (χ2n) is 9.95. The Kier molecular flexibility index (Phi) is 6.40. The number of piperazine rings is 1. The lowest BCUT2D eigenvalue weighted by atomic mass is 9.96. The number of amides is 1. The SMILES string of the molecule is Cc1noc(C)c1-c1cc(S(=O)(=O)C[C@@H]2CCC[C@H]2C(=O)N2CCN(C)CC2)c2cccnc2c1. The number of carbonyl (C=O) groups is 1. The van der Waals surface area contributed by atoms with Crippen LogP contribution in [0.25, 0.3) is 22.0 Å². The lowest BCUT2D eigenvalue weighted by Crippen LogP contribution is -2.49. The predicted molar refractivity (Wildman–Crippen MR) is 134 cm³/mol. The van der Waals surface area contributed by atoms with Gasteiger partial charge in [0.05, 0.1) is 21.9 Å². The lowest BCUT2D eigenvalue weighted by molar-refractivity contribution is -0.138. The Balaban J connectivity index is 1.48. The Hall–Kier alpha value is -2.78. The van der Waals surface area contributed by atoms with Crippen LogP contribution >= 0.6 is 0 Å². The van der Waals surface area contributed by atoms with E-state index in [4.69, 9.17) is 4.52 Å². The number of hydrogen-bond donors (Lipinski definition) is 0. The van der Waals surface area contributed by atoms with Crippen LogP contribution in [0.15, 0.2) is 39.9 Å². The molecule has 9 heteroatoms.